The topological polar surface area (TPSA) is 78.4 Å². The smallest absolute Gasteiger partial charge is 0.326 e. The lowest BCUT2D eigenvalue weighted by Crippen LogP contribution is -2.47. The van der Waals surface area contributed by atoms with Gasteiger partial charge in [0.1, 0.15) is 12.1 Å². The molecule has 20 heavy (non-hydrogen) atoms. The van der Waals surface area contributed by atoms with Crippen LogP contribution in [0.3, 0.4) is 0 Å². The predicted octanol–water partition coefficient (Wildman–Crippen LogP) is 1.24. The first kappa shape index (κ1) is 14.5. The van der Waals surface area contributed by atoms with Crippen molar-refractivity contribution in [1.29, 1.82) is 0 Å². The van der Waals surface area contributed by atoms with Gasteiger partial charge in [0.05, 0.1) is 0 Å². The summed E-state index contributed by atoms with van der Waals surface area (Å²) >= 11 is 0. The van der Waals surface area contributed by atoms with Crippen LogP contribution < -0.4 is 10.6 Å². The Labute approximate surface area is 118 Å². The van der Waals surface area contributed by atoms with E-state index in [-0.39, 0.29) is 5.91 Å². The second-order valence-electron chi connectivity index (χ2n) is 5.02. The van der Waals surface area contributed by atoms with Crippen molar-refractivity contribution in [2.45, 2.75) is 38.3 Å². The summed E-state index contributed by atoms with van der Waals surface area (Å²) in [6, 6.07) is 6.50. The number of hydrogen-bond acceptors (Lipinski definition) is 3. The second-order valence-corrected chi connectivity index (χ2v) is 5.02. The number of carbonyl (C=O) groups is 2. The molecule has 0 aliphatic carbocycles. The van der Waals surface area contributed by atoms with E-state index in [4.69, 9.17) is 5.11 Å². The summed E-state index contributed by atoms with van der Waals surface area (Å²) in [5.74, 6) is -1.25. The molecule has 1 aromatic rings. The van der Waals surface area contributed by atoms with E-state index in [0.29, 0.717) is 12.8 Å². The summed E-state index contributed by atoms with van der Waals surface area (Å²) in [5, 5.41) is 14.9. The van der Waals surface area contributed by atoms with Crippen molar-refractivity contribution in [1.82, 2.24) is 10.6 Å². The number of carbonyl (C=O) groups excluding carboxylic acids is 1. The number of rotatable bonds is 5. The molecule has 0 saturated carbocycles. The Hall–Kier alpha value is -1.88. The monoisotopic (exact) mass is 276 g/mol. The fourth-order valence-electron chi connectivity index (χ4n) is 2.54. The minimum atomic E-state index is -0.982. The van der Waals surface area contributed by atoms with Crippen molar-refractivity contribution in [3.05, 3.63) is 35.4 Å². The van der Waals surface area contributed by atoms with Crippen LogP contribution in [-0.2, 0) is 16.0 Å². The van der Waals surface area contributed by atoms with Crippen LogP contribution in [0.5, 0.6) is 0 Å². The predicted molar refractivity (Wildman–Crippen MR) is 75.4 cm³/mol. The summed E-state index contributed by atoms with van der Waals surface area (Å²) in [6.07, 6.45) is 2.04. The van der Waals surface area contributed by atoms with Gasteiger partial charge in [0.2, 0.25) is 5.91 Å². The molecule has 2 rings (SSSR count). The van der Waals surface area contributed by atoms with Crippen LogP contribution in [-0.4, -0.2) is 29.6 Å². The van der Waals surface area contributed by atoms with Crippen LogP contribution in [0.25, 0.3) is 0 Å². The van der Waals surface area contributed by atoms with Crippen LogP contribution >= 0.6 is 0 Å². The zero-order chi connectivity index (χ0) is 14.5. The molecule has 3 N–H and O–H groups in total. The van der Waals surface area contributed by atoms with Gasteiger partial charge in [-0.15, -0.1) is 0 Å². The molecule has 108 valence electrons. The van der Waals surface area contributed by atoms with Crippen molar-refractivity contribution in [3.63, 3.8) is 0 Å². The quantitative estimate of drug-likeness (QED) is 0.756. The molecule has 0 spiro atoms. The van der Waals surface area contributed by atoms with E-state index in [9.17, 15) is 9.59 Å². The molecule has 5 nitrogen and oxygen atoms in total. The van der Waals surface area contributed by atoms with Gasteiger partial charge in [-0.1, -0.05) is 37.6 Å². The first-order valence-corrected chi connectivity index (χ1v) is 6.98. The number of nitrogens with one attached hydrogen (secondary N) is 2. The van der Waals surface area contributed by atoms with Gasteiger partial charge in [-0.2, -0.15) is 0 Å². The number of fused-ring (bicyclic) bond motifs is 1. The molecule has 1 amide bonds. The molecule has 0 bridgehead atoms. The van der Waals surface area contributed by atoms with E-state index in [1.165, 1.54) is 0 Å². The zero-order valence-electron chi connectivity index (χ0n) is 11.6. The number of carboxylic acids is 1. The molecule has 5 heteroatoms. The summed E-state index contributed by atoms with van der Waals surface area (Å²) in [4.78, 5) is 23.4. The summed E-state index contributed by atoms with van der Waals surface area (Å²) in [6.45, 7) is 2.62. The van der Waals surface area contributed by atoms with Gasteiger partial charge in [-0.3, -0.25) is 4.79 Å². The van der Waals surface area contributed by atoms with E-state index in [1.807, 2.05) is 31.2 Å². The summed E-state index contributed by atoms with van der Waals surface area (Å²) in [5.41, 5.74) is 2.09. The Bertz CT molecular complexity index is 502. The fourth-order valence-corrected chi connectivity index (χ4v) is 2.54. The average Bonchev–Trinajstić information content (AvgIpc) is 2.46. The van der Waals surface area contributed by atoms with E-state index in [1.54, 1.807) is 0 Å². The summed E-state index contributed by atoms with van der Waals surface area (Å²) < 4.78 is 0. The Morgan fingerprint density at radius 1 is 1.45 bits per heavy atom. The van der Waals surface area contributed by atoms with E-state index in [0.717, 1.165) is 24.1 Å². The first-order valence-electron chi connectivity index (χ1n) is 6.98. The molecule has 1 aromatic carbocycles. The first-order chi connectivity index (χ1) is 9.63. The van der Waals surface area contributed by atoms with Crippen LogP contribution in [0.1, 0.15) is 36.9 Å². The Kier molecular flexibility index (Phi) is 4.74. The van der Waals surface area contributed by atoms with Crippen molar-refractivity contribution < 1.29 is 14.7 Å². The third-order valence-corrected chi connectivity index (χ3v) is 3.56. The molecule has 0 radical (unpaired) electrons. The van der Waals surface area contributed by atoms with E-state index in [2.05, 4.69) is 10.6 Å². The normalized spacial score (nSPS) is 18.9. The van der Waals surface area contributed by atoms with Crippen LogP contribution in [0.2, 0.25) is 0 Å². The van der Waals surface area contributed by atoms with Gasteiger partial charge in [0.15, 0.2) is 0 Å². The van der Waals surface area contributed by atoms with E-state index >= 15 is 0 Å². The maximum atomic E-state index is 12.3. The van der Waals surface area contributed by atoms with Crippen molar-refractivity contribution in [2.24, 2.45) is 0 Å². The van der Waals surface area contributed by atoms with Gasteiger partial charge >= 0.3 is 5.97 Å². The van der Waals surface area contributed by atoms with Gasteiger partial charge in [-0.05, 0) is 24.0 Å². The molecule has 1 aliphatic heterocycles. The zero-order valence-corrected chi connectivity index (χ0v) is 11.6. The van der Waals surface area contributed by atoms with Crippen LogP contribution in [0, 0.1) is 0 Å². The summed E-state index contributed by atoms with van der Waals surface area (Å²) in [7, 11) is 0. The highest BCUT2D eigenvalue weighted by Crippen LogP contribution is 2.22. The SMILES string of the molecule is CCC[C@@H](NC(=O)C1NCCc2ccccc21)C(=O)O. The molecule has 0 saturated heterocycles. The molecule has 1 aliphatic rings. The maximum Gasteiger partial charge on any atom is 0.326 e. The molecule has 0 fully saturated rings. The minimum absolute atomic E-state index is 0.266. The molecular weight excluding hydrogens is 256 g/mol. The van der Waals surface area contributed by atoms with Gasteiger partial charge < -0.3 is 15.7 Å². The van der Waals surface area contributed by atoms with Crippen LogP contribution in [0.15, 0.2) is 24.3 Å². The molecular formula is C15H20N2O3. The number of carboxylic acid groups (broad SMARTS) is 1. The van der Waals surface area contributed by atoms with Crippen molar-refractivity contribution in [3.8, 4) is 0 Å². The third-order valence-electron chi connectivity index (χ3n) is 3.56. The highest BCUT2D eigenvalue weighted by Gasteiger charge is 2.28. The number of amides is 1. The van der Waals surface area contributed by atoms with Gasteiger partial charge in [0.25, 0.3) is 0 Å². The number of aliphatic carboxylic acids is 1. The largest absolute Gasteiger partial charge is 0.480 e. The lowest BCUT2D eigenvalue weighted by atomic mass is 9.93. The fraction of sp³-hybridized carbons (Fsp3) is 0.467. The number of hydrogen-bond donors (Lipinski definition) is 3. The Balaban J connectivity index is 2.12. The van der Waals surface area contributed by atoms with E-state index < -0.39 is 18.1 Å². The lowest BCUT2D eigenvalue weighted by molar-refractivity contribution is -0.142. The van der Waals surface area contributed by atoms with Gasteiger partial charge in [0, 0.05) is 6.54 Å². The second kappa shape index (κ2) is 6.52. The lowest BCUT2D eigenvalue weighted by Gasteiger charge is -2.27. The van der Waals surface area contributed by atoms with Gasteiger partial charge in [-0.25, -0.2) is 4.79 Å². The Morgan fingerprint density at radius 2 is 2.20 bits per heavy atom. The average molecular weight is 276 g/mol. The standard InChI is InChI=1S/C15H20N2O3/c1-2-5-12(15(19)20)17-14(18)13-11-7-4-3-6-10(11)8-9-16-13/h3-4,6-7,12-13,16H,2,5,8-9H2,1H3,(H,17,18)(H,19,20)/t12-,13?/m1/s1. The van der Waals surface area contributed by atoms with Crippen molar-refractivity contribution in [2.75, 3.05) is 6.54 Å². The molecule has 1 heterocycles. The maximum absolute atomic E-state index is 12.3. The number of benzene rings is 1. The molecule has 1 unspecified atom stereocenters. The molecule has 2 atom stereocenters. The minimum Gasteiger partial charge on any atom is -0.480 e. The van der Waals surface area contributed by atoms with Crippen molar-refractivity contribution >= 4 is 11.9 Å². The van der Waals surface area contributed by atoms with Crippen LogP contribution in [0.4, 0.5) is 0 Å². The highest BCUT2D eigenvalue weighted by molar-refractivity contribution is 5.88. The third kappa shape index (κ3) is 3.17. The Morgan fingerprint density at radius 3 is 2.90 bits per heavy atom. The highest BCUT2D eigenvalue weighted by atomic mass is 16.4. The molecule has 0 aromatic heterocycles.